The number of aromatic nitrogens is 1. The molecule has 0 aliphatic heterocycles. The largest absolute Gasteiger partial charge is 0.416 e. The normalized spacial score (nSPS) is 12.8. The van der Waals surface area contributed by atoms with Crippen LogP contribution < -0.4 is 5.32 Å². The molecule has 0 saturated carbocycles. The van der Waals surface area contributed by atoms with Crippen LogP contribution in [0.5, 0.6) is 0 Å². The van der Waals surface area contributed by atoms with Gasteiger partial charge in [-0.25, -0.2) is 0 Å². The van der Waals surface area contributed by atoms with Crippen molar-refractivity contribution in [3.8, 4) is 0 Å². The van der Waals surface area contributed by atoms with E-state index in [1.807, 2.05) is 6.07 Å². The van der Waals surface area contributed by atoms with Crippen LogP contribution in [-0.2, 0) is 22.4 Å². The van der Waals surface area contributed by atoms with Gasteiger partial charge >= 0.3 is 6.18 Å². The Morgan fingerprint density at radius 1 is 1.31 bits per heavy atom. The van der Waals surface area contributed by atoms with E-state index in [1.54, 1.807) is 25.3 Å². The van der Waals surface area contributed by atoms with Gasteiger partial charge in [0.1, 0.15) is 0 Å². The van der Waals surface area contributed by atoms with Crippen LogP contribution in [0.3, 0.4) is 0 Å². The average Bonchev–Trinajstić information content (AvgIpc) is 2.64. The molecular weight excluding hydrogens is 347 g/mol. The van der Waals surface area contributed by atoms with E-state index in [-0.39, 0.29) is 18.0 Å². The number of nitrogens with zero attached hydrogens (tertiary/aromatic N) is 2. The van der Waals surface area contributed by atoms with Crippen molar-refractivity contribution in [3.63, 3.8) is 0 Å². The number of carbonyl (C=O) groups is 1. The Kier molecular flexibility index (Phi) is 6.71. The van der Waals surface area contributed by atoms with Gasteiger partial charge in [0.2, 0.25) is 6.10 Å². The fourth-order valence-electron chi connectivity index (χ4n) is 2.06. The van der Waals surface area contributed by atoms with E-state index in [9.17, 15) is 18.0 Å². The molecule has 26 heavy (non-hydrogen) atoms. The minimum atomic E-state index is -4.43. The van der Waals surface area contributed by atoms with Crippen LogP contribution in [0.15, 0.2) is 53.8 Å². The number of carbonyl (C=O) groups excluding carboxylic acids is 1. The molecule has 5 nitrogen and oxygen atoms in total. The van der Waals surface area contributed by atoms with Gasteiger partial charge < -0.3 is 10.2 Å². The molecule has 1 atom stereocenters. The summed E-state index contributed by atoms with van der Waals surface area (Å²) in [4.78, 5) is 21.3. The number of pyridine rings is 1. The molecule has 0 bridgehead atoms. The molecule has 138 valence electrons. The number of amides is 1. The zero-order chi connectivity index (χ0) is 19.0. The minimum absolute atomic E-state index is 0.226. The van der Waals surface area contributed by atoms with Gasteiger partial charge in [0.15, 0.2) is 0 Å². The summed E-state index contributed by atoms with van der Waals surface area (Å²) in [5.74, 6) is -0.376. The third kappa shape index (κ3) is 5.87. The molecule has 1 amide bonds. The smallest absolute Gasteiger partial charge is 0.382 e. The summed E-state index contributed by atoms with van der Waals surface area (Å²) >= 11 is 0. The lowest BCUT2D eigenvalue weighted by Gasteiger charge is -2.13. The summed E-state index contributed by atoms with van der Waals surface area (Å²) in [5.41, 5.74) is 0.147. The van der Waals surface area contributed by atoms with Gasteiger partial charge in [-0.1, -0.05) is 30.3 Å². The second kappa shape index (κ2) is 8.98. The number of oxime groups is 1. The fourth-order valence-corrected chi connectivity index (χ4v) is 2.06. The predicted octanol–water partition coefficient (Wildman–Crippen LogP) is 3.55. The molecule has 1 unspecified atom stereocenters. The summed E-state index contributed by atoms with van der Waals surface area (Å²) in [6.45, 7) is 1.99. The lowest BCUT2D eigenvalue weighted by molar-refractivity contribution is -0.137. The number of rotatable bonds is 7. The predicted molar refractivity (Wildman–Crippen MR) is 90.3 cm³/mol. The number of nitrogens with one attached hydrogen (secondary N) is 1. The number of benzene rings is 1. The van der Waals surface area contributed by atoms with Gasteiger partial charge in [-0.2, -0.15) is 13.2 Å². The van der Waals surface area contributed by atoms with Crippen molar-refractivity contribution in [2.75, 3.05) is 0 Å². The maximum absolute atomic E-state index is 12.7. The summed E-state index contributed by atoms with van der Waals surface area (Å²) in [7, 11) is 0. The molecule has 0 spiro atoms. The molecule has 1 heterocycles. The molecule has 2 rings (SSSR count). The summed E-state index contributed by atoms with van der Waals surface area (Å²) in [5, 5.41) is 6.32. The second-order valence-corrected chi connectivity index (χ2v) is 5.40. The third-order valence-corrected chi connectivity index (χ3v) is 3.44. The fraction of sp³-hybridized carbons (Fsp3) is 0.278. The molecule has 0 fully saturated rings. The van der Waals surface area contributed by atoms with E-state index in [0.29, 0.717) is 12.1 Å². The summed E-state index contributed by atoms with van der Waals surface area (Å²) in [6, 6.07) is 10.0. The quantitative estimate of drug-likeness (QED) is 0.603. The van der Waals surface area contributed by atoms with Gasteiger partial charge in [0.05, 0.1) is 24.0 Å². The Morgan fingerprint density at radius 3 is 2.77 bits per heavy atom. The molecule has 2 aromatic rings. The summed E-state index contributed by atoms with van der Waals surface area (Å²) < 4.78 is 38.0. The van der Waals surface area contributed by atoms with Crippen molar-refractivity contribution < 1.29 is 22.8 Å². The molecule has 1 aromatic carbocycles. The van der Waals surface area contributed by atoms with Crippen molar-refractivity contribution in [1.29, 1.82) is 0 Å². The monoisotopic (exact) mass is 365 g/mol. The highest BCUT2D eigenvalue weighted by Gasteiger charge is 2.30. The van der Waals surface area contributed by atoms with Crippen molar-refractivity contribution >= 4 is 12.1 Å². The number of alkyl halides is 3. The minimum Gasteiger partial charge on any atom is -0.382 e. The molecule has 0 saturated heterocycles. The van der Waals surface area contributed by atoms with Gasteiger partial charge in [0.25, 0.3) is 5.91 Å². The van der Waals surface area contributed by atoms with Crippen molar-refractivity contribution in [2.24, 2.45) is 5.16 Å². The number of halogens is 3. The highest BCUT2D eigenvalue weighted by atomic mass is 19.4. The van der Waals surface area contributed by atoms with E-state index >= 15 is 0 Å². The maximum atomic E-state index is 12.7. The van der Waals surface area contributed by atoms with E-state index in [4.69, 9.17) is 4.84 Å². The number of hydrogen-bond donors (Lipinski definition) is 1. The van der Waals surface area contributed by atoms with E-state index < -0.39 is 17.8 Å². The van der Waals surface area contributed by atoms with E-state index in [2.05, 4.69) is 15.5 Å². The van der Waals surface area contributed by atoms with Gasteiger partial charge in [-0.15, -0.1) is 0 Å². The Balaban J connectivity index is 1.91. The van der Waals surface area contributed by atoms with Crippen LogP contribution in [0.1, 0.15) is 30.2 Å². The highest BCUT2D eigenvalue weighted by molar-refractivity contribution is 5.81. The Morgan fingerprint density at radius 2 is 2.12 bits per heavy atom. The molecule has 0 aliphatic rings. The van der Waals surface area contributed by atoms with Gasteiger partial charge in [-0.05, 0) is 36.2 Å². The van der Waals surface area contributed by atoms with Crippen LogP contribution in [0, 0.1) is 0 Å². The van der Waals surface area contributed by atoms with Crippen LogP contribution >= 0.6 is 0 Å². The molecule has 1 aromatic heterocycles. The first kappa shape index (κ1) is 19.4. The molecular formula is C18H18F3N3O2. The Bertz CT molecular complexity index is 749. The first-order chi connectivity index (χ1) is 12.4. The molecule has 8 heteroatoms. The first-order valence-electron chi connectivity index (χ1n) is 7.94. The van der Waals surface area contributed by atoms with Crippen LogP contribution in [0.4, 0.5) is 13.2 Å². The summed E-state index contributed by atoms with van der Waals surface area (Å²) in [6.07, 6.45) is -2.16. The van der Waals surface area contributed by atoms with Crippen LogP contribution in [0.2, 0.25) is 0 Å². The second-order valence-electron chi connectivity index (χ2n) is 5.40. The number of hydrogen-bond acceptors (Lipinski definition) is 4. The molecule has 1 N–H and O–H groups in total. The zero-order valence-electron chi connectivity index (χ0n) is 14.0. The SMILES string of the molecule is CCC(ON=Cc1cccc(C(F)(F)F)c1)C(=O)NCc1ccccn1. The first-order valence-corrected chi connectivity index (χ1v) is 7.94. The van der Waals surface area contributed by atoms with Crippen molar-refractivity contribution in [1.82, 2.24) is 10.3 Å². The topological polar surface area (TPSA) is 63.6 Å². The zero-order valence-corrected chi connectivity index (χ0v) is 14.0. The van der Waals surface area contributed by atoms with Crippen molar-refractivity contribution in [3.05, 3.63) is 65.5 Å². The average molecular weight is 365 g/mol. The lowest BCUT2D eigenvalue weighted by atomic mass is 10.1. The van der Waals surface area contributed by atoms with Crippen LogP contribution in [-0.4, -0.2) is 23.2 Å². The third-order valence-electron chi connectivity index (χ3n) is 3.44. The van der Waals surface area contributed by atoms with Crippen LogP contribution in [0.25, 0.3) is 0 Å². The Labute approximate surface area is 148 Å². The maximum Gasteiger partial charge on any atom is 0.416 e. The Hall–Kier alpha value is -2.90. The van der Waals surface area contributed by atoms with E-state index in [0.717, 1.165) is 18.3 Å². The molecule has 0 radical (unpaired) electrons. The van der Waals surface area contributed by atoms with Crippen molar-refractivity contribution in [2.45, 2.75) is 32.2 Å². The van der Waals surface area contributed by atoms with Gasteiger partial charge in [-0.3, -0.25) is 9.78 Å². The van der Waals surface area contributed by atoms with E-state index in [1.165, 1.54) is 12.1 Å². The molecule has 0 aliphatic carbocycles. The highest BCUT2D eigenvalue weighted by Crippen LogP contribution is 2.29. The van der Waals surface area contributed by atoms with Gasteiger partial charge in [0, 0.05) is 6.20 Å². The lowest BCUT2D eigenvalue weighted by Crippen LogP contribution is -2.35. The standard InChI is InChI=1S/C18H18F3N3O2/c1-2-16(17(25)23-12-15-8-3-4-9-22-15)26-24-11-13-6-5-7-14(10-13)18(19,20)21/h3-11,16H,2,12H2,1H3,(H,23,25).